The summed E-state index contributed by atoms with van der Waals surface area (Å²) in [6.07, 6.45) is 2.62. The minimum atomic E-state index is 0.264. The van der Waals surface area contributed by atoms with E-state index in [4.69, 9.17) is 23.2 Å². The van der Waals surface area contributed by atoms with Crippen molar-refractivity contribution in [2.24, 2.45) is 0 Å². The number of likely N-dealkylation sites (N-methyl/N-ethyl adjacent to an activating group) is 1. The highest BCUT2D eigenvalue weighted by atomic mass is 35.5. The predicted octanol–water partition coefficient (Wildman–Crippen LogP) is 4.19. The van der Waals surface area contributed by atoms with Crippen LogP contribution in [0.15, 0.2) is 6.07 Å². The molecule has 0 spiro atoms. The van der Waals surface area contributed by atoms with Gasteiger partial charge in [-0.05, 0) is 44.5 Å². The largest absolute Gasteiger partial charge is 0.309 e. The molecule has 1 aromatic rings. The molecule has 2 nitrogen and oxygen atoms in total. The first kappa shape index (κ1) is 14.6. The third kappa shape index (κ3) is 3.40. The molecule has 5 heteroatoms. The molecule has 2 unspecified atom stereocenters. The molecule has 1 aliphatic rings. The number of thiophene rings is 1. The number of hydrogen-bond acceptors (Lipinski definition) is 3. The molecule has 1 saturated heterocycles. The molecule has 0 bridgehead atoms. The molecule has 1 N–H and O–H groups in total. The van der Waals surface area contributed by atoms with Gasteiger partial charge in [0.05, 0.1) is 8.67 Å². The molecular formula is C13H20Cl2N2S. The molecule has 1 aromatic heterocycles. The Morgan fingerprint density at radius 2 is 2.33 bits per heavy atom. The summed E-state index contributed by atoms with van der Waals surface area (Å²) in [5.41, 5.74) is 1.12. The van der Waals surface area contributed by atoms with Crippen molar-refractivity contribution < 1.29 is 0 Å². The van der Waals surface area contributed by atoms with Crippen LogP contribution in [0.3, 0.4) is 0 Å². The zero-order valence-corrected chi connectivity index (χ0v) is 13.2. The fourth-order valence-corrected chi connectivity index (χ4v) is 4.26. The number of nitrogens with one attached hydrogen (secondary N) is 1. The third-order valence-corrected chi connectivity index (χ3v) is 5.23. The monoisotopic (exact) mass is 306 g/mol. The highest BCUT2D eigenvalue weighted by molar-refractivity contribution is 7.20. The van der Waals surface area contributed by atoms with Gasteiger partial charge in [0.25, 0.3) is 0 Å². The van der Waals surface area contributed by atoms with Gasteiger partial charge in [-0.3, -0.25) is 4.90 Å². The van der Waals surface area contributed by atoms with E-state index >= 15 is 0 Å². The fraction of sp³-hybridized carbons (Fsp3) is 0.692. The van der Waals surface area contributed by atoms with Crippen molar-refractivity contribution in [2.45, 2.75) is 38.8 Å². The standard InChI is InChI=1S/C13H20Cl2N2S/c1-3-17-6-4-5-10(17)8-16-9(2)11-7-12(14)18-13(11)15/h7,9-10,16H,3-6,8H2,1-2H3. The van der Waals surface area contributed by atoms with E-state index in [1.807, 2.05) is 6.07 Å². The van der Waals surface area contributed by atoms with E-state index in [9.17, 15) is 0 Å². The number of hydrogen-bond donors (Lipinski definition) is 1. The average molecular weight is 307 g/mol. The molecule has 1 aliphatic heterocycles. The molecule has 2 rings (SSSR count). The van der Waals surface area contributed by atoms with Crippen LogP contribution < -0.4 is 5.32 Å². The Balaban J connectivity index is 1.88. The normalized spacial score (nSPS) is 22.6. The summed E-state index contributed by atoms with van der Waals surface area (Å²) >= 11 is 13.6. The first-order chi connectivity index (χ1) is 8.61. The van der Waals surface area contributed by atoms with E-state index in [-0.39, 0.29) is 6.04 Å². The highest BCUT2D eigenvalue weighted by Gasteiger charge is 2.23. The number of nitrogens with zero attached hydrogens (tertiary/aromatic N) is 1. The summed E-state index contributed by atoms with van der Waals surface area (Å²) in [6.45, 7) is 7.79. The minimum Gasteiger partial charge on any atom is -0.309 e. The average Bonchev–Trinajstić information content (AvgIpc) is 2.92. The first-order valence-electron chi connectivity index (χ1n) is 6.54. The quantitative estimate of drug-likeness (QED) is 0.877. The first-order valence-corrected chi connectivity index (χ1v) is 8.11. The Morgan fingerprint density at radius 3 is 2.94 bits per heavy atom. The zero-order chi connectivity index (χ0) is 13.1. The molecule has 0 aliphatic carbocycles. The van der Waals surface area contributed by atoms with E-state index < -0.39 is 0 Å². The Hall–Kier alpha value is 0.200. The topological polar surface area (TPSA) is 15.3 Å². The minimum absolute atomic E-state index is 0.264. The fourth-order valence-electron chi connectivity index (χ4n) is 2.61. The van der Waals surface area contributed by atoms with Crippen molar-refractivity contribution in [3.05, 3.63) is 20.3 Å². The SMILES string of the molecule is CCN1CCCC1CNC(C)c1cc(Cl)sc1Cl. The second-order valence-electron chi connectivity index (χ2n) is 4.83. The van der Waals surface area contributed by atoms with Crippen molar-refractivity contribution in [3.63, 3.8) is 0 Å². The number of rotatable bonds is 5. The van der Waals surface area contributed by atoms with Crippen molar-refractivity contribution in [1.29, 1.82) is 0 Å². The Bertz CT molecular complexity index is 394. The molecule has 2 atom stereocenters. The van der Waals surface area contributed by atoms with E-state index in [0.29, 0.717) is 6.04 Å². The molecule has 18 heavy (non-hydrogen) atoms. The van der Waals surface area contributed by atoms with Gasteiger partial charge in [0.15, 0.2) is 0 Å². The lowest BCUT2D eigenvalue weighted by molar-refractivity contribution is 0.255. The van der Waals surface area contributed by atoms with Gasteiger partial charge >= 0.3 is 0 Å². The van der Waals surface area contributed by atoms with Gasteiger partial charge in [-0.2, -0.15) is 0 Å². The molecule has 102 valence electrons. The lowest BCUT2D eigenvalue weighted by Crippen LogP contribution is -2.38. The van der Waals surface area contributed by atoms with Crippen LogP contribution in [0.25, 0.3) is 0 Å². The summed E-state index contributed by atoms with van der Waals surface area (Å²) < 4.78 is 1.57. The highest BCUT2D eigenvalue weighted by Crippen LogP contribution is 2.34. The Morgan fingerprint density at radius 1 is 1.56 bits per heavy atom. The predicted molar refractivity (Wildman–Crippen MR) is 81.0 cm³/mol. The van der Waals surface area contributed by atoms with Crippen LogP contribution in [0.2, 0.25) is 8.67 Å². The second kappa shape index (κ2) is 6.58. The second-order valence-corrected chi connectivity index (χ2v) is 7.12. The molecule has 1 fully saturated rings. The summed E-state index contributed by atoms with van der Waals surface area (Å²) in [5.74, 6) is 0. The van der Waals surface area contributed by atoms with Gasteiger partial charge in [0, 0.05) is 18.6 Å². The van der Waals surface area contributed by atoms with Crippen LogP contribution in [-0.2, 0) is 0 Å². The molecule has 0 radical (unpaired) electrons. The van der Waals surface area contributed by atoms with Gasteiger partial charge in [-0.25, -0.2) is 0 Å². The van der Waals surface area contributed by atoms with Crippen LogP contribution in [0.1, 0.15) is 38.3 Å². The number of likely N-dealkylation sites (tertiary alicyclic amines) is 1. The Labute approximate surface area is 123 Å². The third-order valence-electron chi connectivity index (χ3n) is 3.71. The van der Waals surface area contributed by atoms with Gasteiger partial charge in [0.2, 0.25) is 0 Å². The summed E-state index contributed by atoms with van der Waals surface area (Å²) in [5, 5.41) is 3.58. The molecular weight excluding hydrogens is 287 g/mol. The summed E-state index contributed by atoms with van der Waals surface area (Å²) in [4.78, 5) is 2.54. The lowest BCUT2D eigenvalue weighted by atomic mass is 10.1. The molecule has 2 heterocycles. The van der Waals surface area contributed by atoms with Gasteiger partial charge < -0.3 is 5.32 Å². The maximum atomic E-state index is 6.17. The Kier molecular flexibility index (Phi) is 5.34. The van der Waals surface area contributed by atoms with E-state index in [0.717, 1.165) is 27.3 Å². The van der Waals surface area contributed by atoms with Gasteiger partial charge in [0.1, 0.15) is 0 Å². The zero-order valence-electron chi connectivity index (χ0n) is 10.9. The van der Waals surface area contributed by atoms with Gasteiger partial charge in [-0.1, -0.05) is 30.1 Å². The van der Waals surface area contributed by atoms with Crippen LogP contribution in [0, 0.1) is 0 Å². The van der Waals surface area contributed by atoms with Crippen molar-refractivity contribution in [1.82, 2.24) is 10.2 Å². The molecule has 0 saturated carbocycles. The lowest BCUT2D eigenvalue weighted by Gasteiger charge is -2.25. The summed E-state index contributed by atoms with van der Waals surface area (Å²) in [7, 11) is 0. The van der Waals surface area contributed by atoms with Crippen LogP contribution in [0.4, 0.5) is 0 Å². The van der Waals surface area contributed by atoms with Crippen molar-refractivity contribution in [3.8, 4) is 0 Å². The van der Waals surface area contributed by atoms with Gasteiger partial charge in [-0.15, -0.1) is 11.3 Å². The van der Waals surface area contributed by atoms with Crippen molar-refractivity contribution in [2.75, 3.05) is 19.6 Å². The smallest absolute Gasteiger partial charge is 0.0991 e. The van der Waals surface area contributed by atoms with E-state index in [1.54, 1.807) is 0 Å². The van der Waals surface area contributed by atoms with Crippen molar-refractivity contribution >= 4 is 34.5 Å². The van der Waals surface area contributed by atoms with Crippen LogP contribution >= 0.6 is 34.5 Å². The molecule has 0 aromatic carbocycles. The maximum absolute atomic E-state index is 6.17. The van der Waals surface area contributed by atoms with Crippen LogP contribution in [0.5, 0.6) is 0 Å². The molecule has 0 amide bonds. The van der Waals surface area contributed by atoms with Crippen LogP contribution in [-0.4, -0.2) is 30.6 Å². The summed E-state index contributed by atoms with van der Waals surface area (Å²) in [6, 6.07) is 2.91. The number of halogens is 2. The maximum Gasteiger partial charge on any atom is 0.0991 e. The van der Waals surface area contributed by atoms with E-state index in [2.05, 4.69) is 24.1 Å². The van der Waals surface area contributed by atoms with E-state index in [1.165, 1.54) is 30.7 Å².